The van der Waals surface area contributed by atoms with Crippen LogP contribution < -0.4 is 0 Å². The van der Waals surface area contributed by atoms with E-state index in [0.717, 1.165) is 5.56 Å². The first-order valence-corrected chi connectivity index (χ1v) is 7.64. The maximum atomic E-state index is 12.0. The van der Waals surface area contributed by atoms with E-state index in [4.69, 9.17) is 0 Å². The van der Waals surface area contributed by atoms with Crippen LogP contribution in [0.4, 0.5) is 5.69 Å². The highest BCUT2D eigenvalue weighted by molar-refractivity contribution is 5.89. The number of phenols is 1. The van der Waals surface area contributed by atoms with Gasteiger partial charge in [0.2, 0.25) is 5.91 Å². The zero-order valence-electron chi connectivity index (χ0n) is 14.0. The van der Waals surface area contributed by atoms with Gasteiger partial charge in [0.15, 0.2) is 0 Å². The van der Waals surface area contributed by atoms with Gasteiger partial charge in [0.1, 0.15) is 5.75 Å². The zero-order chi connectivity index (χ0) is 18.2. The molecule has 0 aromatic heterocycles. The Labute approximate surface area is 145 Å². The Morgan fingerprint density at radius 2 is 1.72 bits per heavy atom. The SMILES string of the molecule is COC(=O)c1ccc(N=NN(C)C(=O)CCc2ccc(O)cc2)cc1. The molecule has 0 spiro atoms. The van der Waals surface area contributed by atoms with E-state index in [0.29, 0.717) is 17.7 Å². The number of hydrogen-bond acceptors (Lipinski definition) is 6. The van der Waals surface area contributed by atoms with Gasteiger partial charge in [-0.25, -0.2) is 9.80 Å². The highest BCUT2D eigenvalue weighted by atomic mass is 16.5. The molecular weight excluding hydrogens is 322 g/mol. The van der Waals surface area contributed by atoms with E-state index >= 15 is 0 Å². The molecule has 0 saturated heterocycles. The van der Waals surface area contributed by atoms with Crippen LogP contribution in [0.15, 0.2) is 58.9 Å². The minimum Gasteiger partial charge on any atom is -0.508 e. The number of carbonyl (C=O) groups is 2. The quantitative estimate of drug-likeness (QED) is 0.496. The summed E-state index contributed by atoms with van der Waals surface area (Å²) in [5.41, 5.74) is 1.89. The molecule has 0 aliphatic carbocycles. The Morgan fingerprint density at radius 1 is 1.08 bits per heavy atom. The predicted octanol–water partition coefficient (Wildman–Crippen LogP) is 3.27. The molecule has 7 heteroatoms. The lowest BCUT2D eigenvalue weighted by atomic mass is 10.1. The van der Waals surface area contributed by atoms with Gasteiger partial charge in [-0.3, -0.25) is 4.79 Å². The molecule has 2 aromatic rings. The number of carbonyl (C=O) groups excluding carboxylic acids is 2. The summed E-state index contributed by atoms with van der Waals surface area (Å²) in [6.07, 6.45) is 0.828. The Hall–Kier alpha value is -3.22. The smallest absolute Gasteiger partial charge is 0.337 e. The molecule has 1 N–H and O–H groups in total. The van der Waals surface area contributed by atoms with Crippen molar-refractivity contribution in [2.75, 3.05) is 14.2 Å². The molecule has 0 aliphatic heterocycles. The summed E-state index contributed by atoms with van der Waals surface area (Å²) >= 11 is 0. The summed E-state index contributed by atoms with van der Waals surface area (Å²) in [6, 6.07) is 13.1. The minimum absolute atomic E-state index is 0.178. The van der Waals surface area contributed by atoms with Crippen molar-refractivity contribution < 1.29 is 19.4 Å². The standard InChI is InChI=1S/C18H19N3O4/c1-21(17(23)12-5-13-3-10-16(22)11-4-13)20-19-15-8-6-14(7-9-15)18(24)25-2/h3-4,6-11,22H,5,12H2,1-2H3. The summed E-state index contributed by atoms with van der Waals surface area (Å²) in [5, 5.41) is 18.2. The molecule has 25 heavy (non-hydrogen) atoms. The van der Waals surface area contributed by atoms with E-state index in [1.807, 2.05) is 0 Å². The lowest BCUT2D eigenvalue weighted by molar-refractivity contribution is -0.130. The van der Waals surface area contributed by atoms with Gasteiger partial charge in [-0.15, -0.1) is 5.11 Å². The molecule has 0 saturated carbocycles. The molecule has 130 valence electrons. The van der Waals surface area contributed by atoms with Crippen LogP contribution in [-0.2, 0) is 16.0 Å². The number of rotatable bonds is 6. The fraction of sp³-hybridized carbons (Fsp3) is 0.222. The van der Waals surface area contributed by atoms with Gasteiger partial charge in [0, 0.05) is 13.5 Å². The normalized spacial score (nSPS) is 10.6. The number of aryl methyl sites for hydroxylation is 1. The molecular formula is C18H19N3O4. The molecule has 0 heterocycles. The van der Waals surface area contributed by atoms with Gasteiger partial charge in [0.25, 0.3) is 0 Å². The molecule has 0 unspecified atom stereocenters. The number of aromatic hydroxyl groups is 1. The van der Waals surface area contributed by atoms with Crippen molar-refractivity contribution in [2.24, 2.45) is 10.3 Å². The summed E-state index contributed by atoms with van der Waals surface area (Å²) in [6.45, 7) is 0. The van der Waals surface area contributed by atoms with E-state index in [2.05, 4.69) is 15.1 Å². The summed E-state index contributed by atoms with van der Waals surface area (Å²) < 4.78 is 4.62. The largest absolute Gasteiger partial charge is 0.508 e. The van der Waals surface area contributed by atoms with Crippen molar-refractivity contribution in [3.8, 4) is 5.75 Å². The van der Waals surface area contributed by atoms with Crippen LogP contribution in [0.3, 0.4) is 0 Å². The van der Waals surface area contributed by atoms with E-state index < -0.39 is 5.97 Å². The van der Waals surface area contributed by atoms with E-state index in [-0.39, 0.29) is 18.1 Å². The van der Waals surface area contributed by atoms with Gasteiger partial charge in [-0.2, -0.15) is 0 Å². The fourth-order valence-corrected chi connectivity index (χ4v) is 2.03. The third-order valence-electron chi connectivity index (χ3n) is 3.51. The van der Waals surface area contributed by atoms with Gasteiger partial charge in [0.05, 0.1) is 18.4 Å². The number of methoxy groups -OCH3 is 1. The molecule has 2 aromatic carbocycles. The van der Waals surface area contributed by atoms with Gasteiger partial charge < -0.3 is 9.84 Å². The lowest BCUT2D eigenvalue weighted by Crippen LogP contribution is -2.20. The Balaban J connectivity index is 1.88. The number of esters is 1. The number of amides is 1. The van der Waals surface area contributed by atoms with Crippen molar-refractivity contribution in [3.05, 3.63) is 59.7 Å². The van der Waals surface area contributed by atoms with Crippen LogP contribution in [0.25, 0.3) is 0 Å². The molecule has 7 nitrogen and oxygen atoms in total. The molecule has 1 amide bonds. The Bertz CT molecular complexity index is 755. The van der Waals surface area contributed by atoms with Crippen LogP contribution >= 0.6 is 0 Å². The van der Waals surface area contributed by atoms with E-state index in [9.17, 15) is 14.7 Å². The van der Waals surface area contributed by atoms with Crippen molar-refractivity contribution >= 4 is 17.6 Å². The second-order valence-corrected chi connectivity index (χ2v) is 5.31. The number of benzene rings is 2. The fourth-order valence-electron chi connectivity index (χ4n) is 2.03. The molecule has 0 atom stereocenters. The third kappa shape index (κ3) is 5.42. The topological polar surface area (TPSA) is 91.6 Å². The van der Waals surface area contributed by atoms with Crippen molar-refractivity contribution in [2.45, 2.75) is 12.8 Å². The van der Waals surface area contributed by atoms with Crippen LogP contribution in [0.5, 0.6) is 5.75 Å². The van der Waals surface area contributed by atoms with Gasteiger partial charge in [-0.05, 0) is 48.4 Å². The summed E-state index contributed by atoms with van der Waals surface area (Å²) in [7, 11) is 2.85. The first-order chi connectivity index (χ1) is 12.0. The van der Waals surface area contributed by atoms with Crippen molar-refractivity contribution in [3.63, 3.8) is 0 Å². The lowest BCUT2D eigenvalue weighted by Gasteiger charge is -2.09. The first kappa shape index (κ1) is 18.1. The number of phenolic OH excluding ortho intramolecular Hbond substituents is 1. The highest BCUT2D eigenvalue weighted by Crippen LogP contribution is 2.15. The maximum Gasteiger partial charge on any atom is 0.337 e. The van der Waals surface area contributed by atoms with Gasteiger partial charge in [-0.1, -0.05) is 17.4 Å². The minimum atomic E-state index is -0.426. The third-order valence-corrected chi connectivity index (χ3v) is 3.51. The average Bonchev–Trinajstić information content (AvgIpc) is 2.65. The molecule has 0 bridgehead atoms. The summed E-state index contributed by atoms with van der Waals surface area (Å²) in [5.74, 6) is -0.410. The summed E-state index contributed by atoms with van der Waals surface area (Å²) in [4.78, 5) is 23.4. The second-order valence-electron chi connectivity index (χ2n) is 5.31. The van der Waals surface area contributed by atoms with Crippen LogP contribution in [0.1, 0.15) is 22.3 Å². The molecule has 0 radical (unpaired) electrons. The Kier molecular flexibility index (Phi) is 6.22. The average molecular weight is 341 g/mol. The number of nitrogens with zero attached hydrogens (tertiary/aromatic N) is 3. The Morgan fingerprint density at radius 3 is 2.32 bits per heavy atom. The molecule has 2 rings (SSSR count). The number of ether oxygens (including phenoxy) is 1. The van der Waals surface area contributed by atoms with Crippen molar-refractivity contribution in [1.29, 1.82) is 0 Å². The van der Waals surface area contributed by atoms with Crippen LogP contribution in [0.2, 0.25) is 0 Å². The number of hydrogen-bond donors (Lipinski definition) is 1. The predicted molar refractivity (Wildman–Crippen MR) is 91.5 cm³/mol. The van der Waals surface area contributed by atoms with Crippen LogP contribution in [0, 0.1) is 0 Å². The van der Waals surface area contributed by atoms with Crippen molar-refractivity contribution in [1.82, 2.24) is 5.01 Å². The van der Waals surface area contributed by atoms with Crippen LogP contribution in [-0.4, -0.2) is 36.1 Å². The maximum absolute atomic E-state index is 12.0. The second kappa shape index (κ2) is 8.58. The highest BCUT2D eigenvalue weighted by Gasteiger charge is 2.08. The van der Waals surface area contributed by atoms with E-state index in [1.54, 1.807) is 48.5 Å². The zero-order valence-corrected chi connectivity index (χ0v) is 14.0. The molecule has 0 fully saturated rings. The first-order valence-electron chi connectivity index (χ1n) is 7.64. The van der Waals surface area contributed by atoms with Gasteiger partial charge >= 0.3 is 5.97 Å². The van der Waals surface area contributed by atoms with E-state index in [1.165, 1.54) is 19.2 Å². The molecule has 0 aliphatic rings. The monoisotopic (exact) mass is 341 g/mol.